The van der Waals surface area contributed by atoms with Crippen LogP contribution >= 0.6 is 0 Å². The van der Waals surface area contributed by atoms with Crippen LogP contribution in [0, 0.1) is 0 Å². The summed E-state index contributed by atoms with van der Waals surface area (Å²) in [6.45, 7) is 7.96. The number of likely N-dealkylation sites (tertiary alicyclic amines) is 1. The van der Waals surface area contributed by atoms with Crippen LogP contribution in [0.2, 0.25) is 0 Å². The molecule has 2 unspecified atom stereocenters. The smallest absolute Gasteiger partial charge is 0.0239 e. The van der Waals surface area contributed by atoms with E-state index in [9.17, 15) is 0 Å². The van der Waals surface area contributed by atoms with E-state index in [4.69, 9.17) is 0 Å². The molecule has 0 radical (unpaired) electrons. The summed E-state index contributed by atoms with van der Waals surface area (Å²) in [5, 5.41) is 0. The first kappa shape index (κ1) is 10.7. The lowest BCUT2D eigenvalue weighted by atomic mass is 9.94. The van der Waals surface area contributed by atoms with E-state index in [0.717, 1.165) is 25.0 Å². The van der Waals surface area contributed by atoms with Gasteiger partial charge in [0.2, 0.25) is 0 Å². The number of nitrogens with zero attached hydrogens (tertiary/aromatic N) is 1. The van der Waals surface area contributed by atoms with Gasteiger partial charge < -0.3 is 0 Å². The summed E-state index contributed by atoms with van der Waals surface area (Å²) in [6.07, 6.45) is 2.49. The highest BCUT2D eigenvalue weighted by molar-refractivity contribution is 5.22. The SMILES string of the molecule is CCc1ccc(CN2C(C)CC2C)cc1. The van der Waals surface area contributed by atoms with E-state index in [1.165, 1.54) is 17.5 Å². The first-order valence-electron chi connectivity index (χ1n) is 6.04. The Kier molecular flexibility index (Phi) is 3.11. The molecule has 0 N–H and O–H groups in total. The zero-order valence-corrected chi connectivity index (χ0v) is 10.0. The molecule has 1 heteroatoms. The molecular weight excluding hydrogens is 182 g/mol. The molecule has 0 aliphatic carbocycles. The highest BCUT2D eigenvalue weighted by Gasteiger charge is 2.30. The number of benzene rings is 1. The van der Waals surface area contributed by atoms with Crippen molar-refractivity contribution in [1.29, 1.82) is 0 Å². The summed E-state index contributed by atoms with van der Waals surface area (Å²) < 4.78 is 0. The molecule has 0 bridgehead atoms. The monoisotopic (exact) mass is 203 g/mol. The minimum absolute atomic E-state index is 0.769. The molecule has 2 atom stereocenters. The third-order valence-corrected chi connectivity index (χ3v) is 3.61. The van der Waals surface area contributed by atoms with Gasteiger partial charge in [0.05, 0.1) is 0 Å². The average molecular weight is 203 g/mol. The Bertz CT molecular complexity index is 307. The second kappa shape index (κ2) is 4.36. The van der Waals surface area contributed by atoms with Crippen LogP contribution in [0.3, 0.4) is 0 Å². The van der Waals surface area contributed by atoms with E-state index in [0.29, 0.717) is 0 Å². The van der Waals surface area contributed by atoms with Gasteiger partial charge in [-0.2, -0.15) is 0 Å². The minimum Gasteiger partial charge on any atom is -0.294 e. The Morgan fingerprint density at radius 1 is 1.07 bits per heavy atom. The standard InChI is InChI=1S/C14H21N/c1-4-13-5-7-14(8-6-13)10-15-11(2)9-12(15)3/h5-8,11-12H,4,9-10H2,1-3H3. The Morgan fingerprint density at radius 2 is 1.60 bits per heavy atom. The molecule has 82 valence electrons. The van der Waals surface area contributed by atoms with Gasteiger partial charge in [0.1, 0.15) is 0 Å². The second-order valence-corrected chi connectivity index (χ2v) is 4.78. The quantitative estimate of drug-likeness (QED) is 0.729. The van der Waals surface area contributed by atoms with Crippen LogP contribution in [0.5, 0.6) is 0 Å². The maximum absolute atomic E-state index is 2.57. The summed E-state index contributed by atoms with van der Waals surface area (Å²) in [7, 11) is 0. The lowest BCUT2D eigenvalue weighted by molar-refractivity contribution is 0.0295. The molecular formula is C14H21N. The van der Waals surface area contributed by atoms with E-state index in [1.54, 1.807) is 0 Å². The molecule has 1 aliphatic rings. The molecule has 0 aromatic heterocycles. The van der Waals surface area contributed by atoms with Crippen LogP contribution in [0.25, 0.3) is 0 Å². The number of aryl methyl sites for hydroxylation is 1. The maximum atomic E-state index is 2.57. The van der Waals surface area contributed by atoms with Gasteiger partial charge in [-0.05, 0) is 37.8 Å². The van der Waals surface area contributed by atoms with E-state index >= 15 is 0 Å². The molecule has 1 nitrogen and oxygen atoms in total. The van der Waals surface area contributed by atoms with Crippen molar-refractivity contribution >= 4 is 0 Å². The lowest BCUT2D eigenvalue weighted by Crippen LogP contribution is -2.51. The van der Waals surface area contributed by atoms with E-state index in [-0.39, 0.29) is 0 Å². The van der Waals surface area contributed by atoms with Crippen LogP contribution in [0.1, 0.15) is 38.3 Å². The predicted molar refractivity (Wildman–Crippen MR) is 64.9 cm³/mol. The molecule has 1 aliphatic heterocycles. The van der Waals surface area contributed by atoms with Crippen molar-refractivity contribution in [3.8, 4) is 0 Å². The third-order valence-electron chi connectivity index (χ3n) is 3.61. The molecule has 1 aromatic carbocycles. The van der Waals surface area contributed by atoms with Crippen LogP contribution in [-0.4, -0.2) is 17.0 Å². The van der Waals surface area contributed by atoms with Crippen LogP contribution in [-0.2, 0) is 13.0 Å². The highest BCUT2D eigenvalue weighted by Crippen LogP contribution is 2.26. The number of hydrogen-bond acceptors (Lipinski definition) is 1. The molecule has 1 heterocycles. The van der Waals surface area contributed by atoms with Gasteiger partial charge in [0, 0.05) is 18.6 Å². The first-order valence-corrected chi connectivity index (χ1v) is 6.04. The molecule has 2 rings (SSSR count). The van der Waals surface area contributed by atoms with Gasteiger partial charge in [0.25, 0.3) is 0 Å². The first-order chi connectivity index (χ1) is 7.20. The summed E-state index contributed by atoms with van der Waals surface area (Å²) in [6, 6.07) is 10.6. The van der Waals surface area contributed by atoms with Gasteiger partial charge in [0.15, 0.2) is 0 Å². The van der Waals surface area contributed by atoms with Gasteiger partial charge in [-0.3, -0.25) is 4.90 Å². The average Bonchev–Trinajstić information content (AvgIpc) is 2.27. The van der Waals surface area contributed by atoms with Crippen LogP contribution in [0.15, 0.2) is 24.3 Å². The predicted octanol–water partition coefficient (Wildman–Crippen LogP) is 3.23. The molecule has 15 heavy (non-hydrogen) atoms. The Morgan fingerprint density at radius 3 is 2.07 bits per heavy atom. The van der Waals surface area contributed by atoms with Gasteiger partial charge in [-0.1, -0.05) is 31.2 Å². The third kappa shape index (κ3) is 2.23. The molecule has 0 amide bonds. The number of rotatable bonds is 3. The normalized spacial score (nSPS) is 26.3. The van der Waals surface area contributed by atoms with Gasteiger partial charge in [-0.15, -0.1) is 0 Å². The fourth-order valence-corrected chi connectivity index (χ4v) is 2.46. The number of hydrogen-bond donors (Lipinski definition) is 0. The molecule has 1 aromatic rings. The summed E-state index contributed by atoms with van der Waals surface area (Å²) in [5.41, 5.74) is 2.88. The Labute approximate surface area is 93.1 Å². The highest BCUT2D eigenvalue weighted by atomic mass is 15.2. The summed E-state index contributed by atoms with van der Waals surface area (Å²) >= 11 is 0. The topological polar surface area (TPSA) is 3.24 Å². The zero-order chi connectivity index (χ0) is 10.8. The molecule has 1 saturated heterocycles. The van der Waals surface area contributed by atoms with Crippen molar-refractivity contribution in [1.82, 2.24) is 4.90 Å². The van der Waals surface area contributed by atoms with Crippen molar-refractivity contribution in [2.45, 2.75) is 52.2 Å². The van der Waals surface area contributed by atoms with E-state index < -0.39 is 0 Å². The van der Waals surface area contributed by atoms with Crippen molar-refractivity contribution in [2.24, 2.45) is 0 Å². The fraction of sp³-hybridized carbons (Fsp3) is 0.571. The Hall–Kier alpha value is -0.820. The van der Waals surface area contributed by atoms with E-state index in [1.807, 2.05) is 0 Å². The minimum atomic E-state index is 0.769. The van der Waals surface area contributed by atoms with Crippen LogP contribution in [0.4, 0.5) is 0 Å². The largest absolute Gasteiger partial charge is 0.294 e. The van der Waals surface area contributed by atoms with Gasteiger partial charge in [-0.25, -0.2) is 0 Å². The maximum Gasteiger partial charge on any atom is 0.0239 e. The molecule has 1 fully saturated rings. The van der Waals surface area contributed by atoms with Crippen molar-refractivity contribution < 1.29 is 0 Å². The van der Waals surface area contributed by atoms with Gasteiger partial charge >= 0.3 is 0 Å². The van der Waals surface area contributed by atoms with Crippen LogP contribution < -0.4 is 0 Å². The fourth-order valence-electron chi connectivity index (χ4n) is 2.46. The summed E-state index contributed by atoms with van der Waals surface area (Å²) in [5.74, 6) is 0. The summed E-state index contributed by atoms with van der Waals surface area (Å²) in [4.78, 5) is 2.57. The Balaban J connectivity index is 1.98. The van der Waals surface area contributed by atoms with Crippen molar-refractivity contribution in [2.75, 3.05) is 0 Å². The van der Waals surface area contributed by atoms with Crippen molar-refractivity contribution in [3.05, 3.63) is 35.4 Å². The molecule has 0 saturated carbocycles. The second-order valence-electron chi connectivity index (χ2n) is 4.78. The molecule has 0 spiro atoms. The van der Waals surface area contributed by atoms with Crippen molar-refractivity contribution in [3.63, 3.8) is 0 Å². The van der Waals surface area contributed by atoms with E-state index in [2.05, 4.69) is 49.9 Å². The zero-order valence-electron chi connectivity index (χ0n) is 10.0. The lowest BCUT2D eigenvalue weighted by Gasteiger charge is -2.45.